The number of hydrogen-bond acceptors (Lipinski definition) is 6. The SMILES string of the molecule is COc1cc(C(=O)NC(CC(=O)OC(C)C)c2ccc(C)cc2)cc(OC)c1OC. The van der Waals surface area contributed by atoms with Crippen LogP contribution in [0, 0.1) is 6.92 Å². The molecule has 0 fully saturated rings. The van der Waals surface area contributed by atoms with Gasteiger partial charge in [0.1, 0.15) is 0 Å². The number of benzene rings is 2. The van der Waals surface area contributed by atoms with E-state index in [4.69, 9.17) is 18.9 Å². The molecule has 0 saturated carbocycles. The van der Waals surface area contributed by atoms with Gasteiger partial charge in [0, 0.05) is 5.56 Å². The Kier molecular flexibility index (Phi) is 8.09. The third kappa shape index (κ3) is 5.89. The minimum Gasteiger partial charge on any atom is -0.493 e. The molecule has 2 aromatic rings. The Morgan fingerprint density at radius 3 is 1.97 bits per heavy atom. The molecule has 30 heavy (non-hydrogen) atoms. The predicted octanol–water partition coefficient (Wildman–Crippen LogP) is 3.83. The summed E-state index contributed by atoms with van der Waals surface area (Å²) in [4.78, 5) is 25.3. The first kappa shape index (κ1) is 23.1. The van der Waals surface area contributed by atoms with E-state index in [1.54, 1.807) is 26.0 Å². The minimum absolute atomic E-state index is 0.0113. The van der Waals surface area contributed by atoms with E-state index in [1.165, 1.54) is 21.3 Å². The molecular formula is C23H29NO6. The van der Waals surface area contributed by atoms with Gasteiger partial charge in [0.2, 0.25) is 5.75 Å². The molecule has 0 aliphatic carbocycles. The number of methoxy groups -OCH3 is 3. The number of esters is 1. The van der Waals surface area contributed by atoms with Gasteiger partial charge in [-0.2, -0.15) is 0 Å². The summed E-state index contributed by atoms with van der Waals surface area (Å²) < 4.78 is 21.2. The van der Waals surface area contributed by atoms with Crippen LogP contribution in [-0.4, -0.2) is 39.3 Å². The zero-order valence-corrected chi connectivity index (χ0v) is 18.3. The maximum atomic E-state index is 13.0. The minimum atomic E-state index is -0.552. The summed E-state index contributed by atoms with van der Waals surface area (Å²) in [6.45, 7) is 5.54. The molecule has 0 bridgehead atoms. The molecule has 0 aliphatic heterocycles. The molecule has 0 radical (unpaired) electrons. The van der Waals surface area contributed by atoms with E-state index in [2.05, 4.69) is 5.32 Å². The van der Waals surface area contributed by atoms with E-state index in [0.717, 1.165) is 11.1 Å². The highest BCUT2D eigenvalue weighted by molar-refractivity contribution is 5.96. The van der Waals surface area contributed by atoms with E-state index in [0.29, 0.717) is 22.8 Å². The fraction of sp³-hybridized carbons (Fsp3) is 0.391. The van der Waals surface area contributed by atoms with Crippen LogP contribution in [0.4, 0.5) is 0 Å². The fourth-order valence-electron chi connectivity index (χ4n) is 2.98. The number of carbonyl (C=O) groups is 2. The number of amides is 1. The standard InChI is InChI=1S/C23H29NO6/c1-14(2)30-21(25)13-18(16-9-7-15(3)8-10-16)24-23(26)17-11-19(27-4)22(29-6)20(12-17)28-5/h7-12,14,18H,13H2,1-6H3,(H,24,26). The van der Waals surface area contributed by atoms with Crippen LogP contribution in [0.2, 0.25) is 0 Å². The highest BCUT2D eigenvalue weighted by Gasteiger charge is 2.23. The normalized spacial score (nSPS) is 11.6. The zero-order valence-electron chi connectivity index (χ0n) is 18.3. The first-order chi connectivity index (χ1) is 14.3. The van der Waals surface area contributed by atoms with Crippen molar-refractivity contribution in [2.24, 2.45) is 0 Å². The second-order valence-electron chi connectivity index (χ2n) is 7.09. The van der Waals surface area contributed by atoms with Crippen LogP contribution in [0.5, 0.6) is 17.2 Å². The van der Waals surface area contributed by atoms with Gasteiger partial charge in [-0.25, -0.2) is 0 Å². The van der Waals surface area contributed by atoms with Crippen molar-refractivity contribution in [3.8, 4) is 17.2 Å². The largest absolute Gasteiger partial charge is 0.493 e. The Balaban J connectivity index is 2.33. The number of ether oxygens (including phenoxy) is 4. The van der Waals surface area contributed by atoms with Gasteiger partial charge in [-0.3, -0.25) is 9.59 Å². The van der Waals surface area contributed by atoms with Crippen LogP contribution in [-0.2, 0) is 9.53 Å². The molecule has 0 aliphatic rings. The summed E-state index contributed by atoms with van der Waals surface area (Å²) in [5.74, 6) is 0.367. The summed E-state index contributed by atoms with van der Waals surface area (Å²) in [5.41, 5.74) is 2.21. The summed E-state index contributed by atoms with van der Waals surface area (Å²) in [6.07, 6.45) is -0.223. The molecule has 2 rings (SSSR count). The molecule has 7 nitrogen and oxygen atoms in total. The lowest BCUT2D eigenvalue weighted by molar-refractivity contribution is -0.147. The smallest absolute Gasteiger partial charge is 0.308 e. The molecule has 0 saturated heterocycles. The van der Waals surface area contributed by atoms with E-state index < -0.39 is 6.04 Å². The Labute approximate surface area is 177 Å². The van der Waals surface area contributed by atoms with E-state index >= 15 is 0 Å². The Hall–Kier alpha value is -3.22. The lowest BCUT2D eigenvalue weighted by atomic mass is 10.0. The lowest BCUT2D eigenvalue weighted by Crippen LogP contribution is -2.31. The molecule has 2 aromatic carbocycles. The number of carbonyl (C=O) groups excluding carboxylic acids is 2. The third-order valence-corrected chi connectivity index (χ3v) is 4.45. The van der Waals surface area contributed by atoms with Crippen LogP contribution >= 0.6 is 0 Å². The summed E-state index contributed by atoms with van der Waals surface area (Å²) >= 11 is 0. The van der Waals surface area contributed by atoms with E-state index in [1.807, 2.05) is 31.2 Å². The van der Waals surface area contributed by atoms with Crippen molar-refractivity contribution in [2.75, 3.05) is 21.3 Å². The van der Waals surface area contributed by atoms with E-state index in [9.17, 15) is 9.59 Å². The van der Waals surface area contributed by atoms with Gasteiger partial charge in [-0.1, -0.05) is 29.8 Å². The number of nitrogens with one attached hydrogen (secondary N) is 1. The van der Waals surface area contributed by atoms with Crippen molar-refractivity contribution in [1.29, 1.82) is 0 Å². The lowest BCUT2D eigenvalue weighted by Gasteiger charge is -2.20. The highest BCUT2D eigenvalue weighted by atomic mass is 16.5. The Morgan fingerprint density at radius 2 is 1.50 bits per heavy atom. The number of aryl methyl sites for hydroxylation is 1. The summed E-state index contributed by atoms with van der Waals surface area (Å²) in [6, 6.07) is 10.2. The quantitative estimate of drug-likeness (QED) is 0.627. The van der Waals surface area contributed by atoms with Gasteiger partial charge in [0.15, 0.2) is 11.5 Å². The second kappa shape index (κ2) is 10.5. The third-order valence-electron chi connectivity index (χ3n) is 4.45. The maximum absolute atomic E-state index is 13.0. The predicted molar refractivity (Wildman–Crippen MR) is 113 cm³/mol. The highest BCUT2D eigenvalue weighted by Crippen LogP contribution is 2.38. The van der Waals surface area contributed by atoms with Crippen molar-refractivity contribution in [3.63, 3.8) is 0 Å². The van der Waals surface area contributed by atoms with Gasteiger partial charge in [-0.15, -0.1) is 0 Å². The molecule has 1 amide bonds. The number of rotatable bonds is 9. The van der Waals surface area contributed by atoms with Gasteiger partial charge in [0.05, 0.1) is 39.9 Å². The van der Waals surface area contributed by atoms with Gasteiger partial charge >= 0.3 is 5.97 Å². The molecule has 1 N–H and O–H groups in total. The topological polar surface area (TPSA) is 83.1 Å². The van der Waals surface area contributed by atoms with Crippen LogP contribution in [0.3, 0.4) is 0 Å². The molecule has 0 aromatic heterocycles. The monoisotopic (exact) mass is 415 g/mol. The van der Waals surface area contributed by atoms with Gasteiger partial charge in [0.25, 0.3) is 5.91 Å². The van der Waals surface area contributed by atoms with Gasteiger partial charge in [-0.05, 0) is 38.5 Å². The average Bonchev–Trinajstić information content (AvgIpc) is 2.71. The molecule has 1 unspecified atom stereocenters. The fourth-order valence-corrected chi connectivity index (χ4v) is 2.98. The van der Waals surface area contributed by atoms with Crippen molar-refractivity contribution in [1.82, 2.24) is 5.32 Å². The van der Waals surface area contributed by atoms with Crippen molar-refractivity contribution in [2.45, 2.75) is 39.3 Å². The van der Waals surface area contributed by atoms with Crippen molar-refractivity contribution >= 4 is 11.9 Å². The van der Waals surface area contributed by atoms with Crippen LogP contribution in [0.15, 0.2) is 36.4 Å². The Morgan fingerprint density at radius 1 is 0.933 bits per heavy atom. The van der Waals surface area contributed by atoms with E-state index in [-0.39, 0.29) is 24.4 Å². The van der Waals surface area contributed by atoms with Crippen LogP contribution < -0.4 is 19.5 Å². The molecule has 0 spiro atoms. The first-order valence-corrected chi connectivity index (χ1v) is 9.66. The summed E-state index contributed by atoms with van der Waals surface area (Å²) in [7, 11) is 4.46. The molecular weight excluding hydrogens is 386 g/mol. The zero-order chi connectivity index (χ0) is 22.3. The summed E-state index contributed by atoms with van der Waals surface area (Å²) in [5, 5.41) is 2.92. The molecule has 1 atom stereocenters. The average molecular weight is 415 g/mol. The molecule has 0 heterocycles. The maximum Gasteiger partial charge on any atom is 0.308 e. The van der Waals surface area contributed by atoms with Crippen molar-refractivity contribution in [3.05, 3.63) is 53.1 Å². The van der Waals surface area contributed by atoms with Crippen LogP contribution in [0.1, 0.15) is 47.8 Å². The molecule has 7 heteroatoms. The second-order valence-corrected chi connectivity index (χ2v) is 7.09. The van der Waals surface area contributed by atoms with Gasteiger partial charge < -0.3 is 24.3 Å². The molecule has 162 valence electrons. The van der Waals surface area contributed by atoms with Crippen LogP contribution in [0.25, 0.3) is 0 Å². The van der Waals surface area contributed by atoms with Crippen molar-refractivity contribution < 1.29 is 28.5 Å². The Bertz CT molecular complexity index is 851. The number of hydrogen-bond donors (Lipinski definition) is 1. The first-order valence-electron chi connectivity index (χ1n) is 9.66.